The standard InChI is InChI=1S/C16H23N3O2/c1-12-5-4-8-19(10-12)11-16(21)18-15-7-3-6-14(9-15)17-13(2)20/h3,6-7,9,12H,4-5,8,10-11H2,1-2H3,(H,17,20)(H,18,21). The highest BCUT2D eigenvalue weighted by Gasteiger charge is 2.18. The molecule has 2 rings (SSSR count). The van der Waals surface area contributed by atoms with E-state index in [1.165, 1.54) is 13.3 Å². The van der Waals surface area contributed by atoms with Crippen LogP contribution in [0.4, 0.5) is 11.4 Å². The van der Waals surface area contributed by atoms with Gasteiger partial charge in [-0.3, -0.25) is 14.5 Å². The van der Waals surface area contributed by atoms with E-state index < -0.39 is 0 Å². The molecule has 1 aromatic rings. The van der Waals surface area contributed by atoms with Crippen LogP contribution in [0.25, 0.3) is 0 Å². The smallest absolute Gasteiger partial charge is 0.238 e. The molecular weight excluding hydrogens is 266 g/mol. The summed E-state index contributed by atoms with van der Waals surface area (Å²) in [5.41, 5.74) is 1.39. The lowest BCUT2D eigenvalue weighted by Gasteiger charge is -2.30. The molecule has 1 aliphatic rings. The number of hydrogen-bond acceptors (Lipinski definition) is 3. The minimum absolute atomic E-state index is 0.0101. The Balaban J connectivity index is 1.88. The van der Waals surface area contributed by atoms with Crippen LogP contribution in [0, 0.1) is 5.92 Å². The second kappa shape index (κ2) is 7.22. The van der Waals surface area contributed by atoms with E-state index in [2.05, 4.69) is 22.5 Å². The van der Waals surface area contributed by atoms with E-state index in [1.807, 2.05) is 12.1 Å². The molecule has 0 bridgehead atoms. The van der Waals surface area contributed by atoms with Gasteiger partial charge in [-0.25, -0.2) is 0 Å². The van der Waals surface area contributed by atoms with Crippen molar-refractivity contribution < 1.29 is 9.59 Å². The fraction of sp³-hybridized carbons (Fsp3) is 0.500. The lowest BCUT2D eigenvalue weighted by atomic mass is 10.0. The molecule has 0 aromatic heterocycles. The third-order valence-electron chi connectivity index (χ3n) is 3.58. The minimum Gasteiger partial charge on any atom is -0.326 e. The van der Waals surface area contributed by atoms with Crippen LogP contribution < -0.4 is 10.6 Å². The van der Waals surface area contributed by atoms with E-state index in [0.717, 1.165) is 19.5 Å². The molecule has 114 valence electrons. The first-order valence-corrected chi connectivity index (χ1v) is 7.43. The van der Waals surface area contributed by atoms with Crippen molar-refractivity contribution in [2.24, 2.45) is 5.92 Å². The zero-order valence-electron chi connectivity index (χ0n) is 12.7. The summed E-state index contributed by atoms with van der Waals surface area (Å²) in [5.74, 6) is 0.527. The van der Waals surface area contributed by atoms with Gasteiger partial charge in [-0.1, -0.05) is 13.0 Å². The molecule has 21 heavy (non-hydrogen) atoms. The Bertz CT molecular complexity index is 516. The van der Waals surface area contributed by atoms with Gasteiger partial charge < -0.3 is 10.6 Å². The van der Waals surface area contributed by atoms with Gasteiger partial charge in [0, 0.05) is 24.8 Å². The lowest BCUT2D eigenvalue weighted by Crippen LogP contribution is -2.39. The van der Waals surface area contributed by atoms with Gasteiger partial charge in [-0.2, -0.15) is 0 Å². The van der Waals surface area contributed by atoms with Crippen LogP contribution >= 0.6 is 0 Å². The summed E-state index contributed by atoms with van der Waals surface area (Å²) < 4.78 is 0. The number of carbonyl (C=O) groups is 2. The first-order valence-electron chi connectivity index (χ1n) is 7.43. The number of amides is 2. The molecule has 5 heteroatoms. The van der Waals surface area contributed by atoms with Gasteiger partial charge in [-0.15, -0.1) is 0 Å². The Hall–Kier alpha value is -1.88. The molecule has 1 atom stereocenters. The summed E-state index contributed by atoms with van der Waals surface area (Å²) >= 11 is 0. The van der Waals surface area contributed by atoms with Crippen LogP contribution in [0.2, 0.25) is 0 Å². The first-order chi connectivity index (χ1) is 10.0. The van der Waals surface area contributed by atoms with E-state index in [4.69, 9.17) is 0 Å². The van der Waals surface area contributed by atoms with Crippen molar-refractivity contribution >= 4 is 23.2 Å². The molecule has 0 radical (unpaired) electrons. The Kier molecular flexibility index (Phi) is 5.33. The molecule has 1 aliphatic heterocycles. The Morgan fingerprint density at radius 1 is 1.29 bits per heavy atom. The van der Waals surface area contributed by atoms with Gasteiger partial charge in [0.15, 0.2) is 0 Å². The normalized spacial score (nSPS) is 19.0. The predicted octanol–water partition coefficient (Wildman–Crippen LogP) is 2.32. The third kappa shape index (κ3) is 5.19. The number of carbonyl (C=O) groups excluding carboxylic acids is 2. The molecule has 5 nitrogen and oxygen atoms in total. The topological polar surface area (TPSA) is 61.4 Å². The van der Waals surface area contributed by atoms with Gasteiger partial charge in [0.05, 0.1) is 6.54 Å². The molecule has 1 unspecified atom stereocenters. The molecule has 1 aromatic carbocycles. The van der Waals surface area contributed by atoms with E-state index in [1.54, 1.807) is 12.1 Å². The molecular formula is C16H23N3O2. The number of anilines is 2. The average Bonchev–Trinajstić information content (AvgIpc) is 2.37. The maximum Gasteiger partial charge on any atom is 0.238 e. The van der Waals surface area contributed by atoms with Crippen LogP contribution in [0.3, 0.4) is 0 Å². The minimum atomic E-state index is -0.124. The summed E-state index contributed by atoms with van der Waals surface area (Å²) in [5, 5.41) is 5.59. The highest BCUT2D eigenvalue weighted by molar-refractivity contribution is 5.94. The Morgan fingerprint density at radius 2 is 2.00 bits per heavy atom. The van der Waals surface area contributed by atoms with Crippen LogP contribution in [0.1, 0.15) is 26.7 Å². The molecule has 2 amide bonds. The predicted molar refractivity (Wildman–Crippen MR) is 84.2 cm³/mol. The van der Waals surface area contributed by atoms with Gasteiger partial charge in [-0.05, 0) is 43.5 Å². The zero-order chi connectivity index (χ0) is 15.2. The van der Waals surface area contributed by atoms with Gasteiger partial charge in [0.2, 0.25) is 11.8 Å². The summed E-state index contributed by atoms with van der Waals surface area (Å²) in [6, 6.07) is 7.19. The number of piperidine rings is 1. The number of rotatable bonds is 4. The van der Waals surface area contributed by atoms with Crippen molar-refractivity contribution in [3.8, 4) is 0 Å². The number of nitrogens with zero attached hydrogens (tertiary/aromatic N) is 1. The van der Waals surface area contributed by atoms with Gasteiger partial charge in [0.25, 0.3) is 0 Å². The molecule has 0 aliphatic carbocycles. The molecule has 1 heterocycles. The third-order valence-corrected chi connectivity index (χ3v) is 3.58. The average molecular weight is 289 g/mol. The van der Waals surface area contributed by atoms with E-state index in [9.17, 15) is 9.59 Å². The SMILES string of the molecule is CC(=O)Nc1cccc(NC(=O)CN2CCCC(C)C2)c1. The number of benzene rings is 1. The number of nitrogens with one attached hydrogen (secondary N) is 2. The summed E-state index contributed by atoms with van der Waals surface area (Å²) in [6.07, 6.45) is 2.41. The van der Waals surface area contributed by atoms with E-state index in [-0.39, 0.29) is 11.8 Å². The maximum absolute atomic E-state index is 12.1. The van der Waals surface area contributed by atoms with E-state index >= 15 is 0 Å². The van der Waals surface area contributed by atoms with Gasteiger partial charge >= 0.3 is 0 Å². The van der Waals surface area contributed by atoms with Gasteiger partial charge in [0.1, 0.15) is 0 Å². The Morgan fingerprint density at radius 3 is 2.67 bits per heavy atom. The first kappa shape index (κ1) is 15.5. The molecule has 1 fully saturated rings. The van der Waals surface area contributed by atoms with Crippen molar-refractivity contribution in [3.63, 3.8) is 0 Å². The van der Waals surface area contributed by atoms with Crippen LogP contribution in [0.5, 0.6) is 0 Å². The maximum atomic E-state index is 12.1. The number of likely N-dealkylation sites (tertiary alicyclic amines) is 1. The van der Waals surface area contributed by atoms with Crippen molar-refractivity contribution in [1.29, 1.82) is 0 Å². The monoisotopic (exact) mass is 289 g/mol. The number of hydrogen-bond donors (Lipinski definition) is 2. The molecule has 0 spiro atoms. The second-order valence-electron chi connectivity index (χ2n) is 5.79. The molecule has 1 saturated heterocycles. The van der Waals surface area contributed by atoms with Crippen LogP contribution in [0.15, 0.2) is 24.3 Å². The fourth-order valence-corrected chi connectivity index (χ4v) is 2.71. The van der Waals surface area contributed by atoms with Crippen LogP contribution in [-0.4, -0.2) is 36.3 Å². The van der Waals surface area contributed by atoms with Crippen molar-refractivity contribution in [1.82, 2.24) is 4.90 Å². The highest BCUT2D eigenvalue weighted by atomic mass is 16.2. The molecule has 2 N–H and O–H groups in total. The van der Waals surface area contributed by atoms with E-state index in [0.29, 0.717) is 23.8 Å². The summed E-state index contributed by atoms with van der Waals surface area (Å²) in [7, 11) is 0. The van der Waals surface area contributed by atoms with Crippen molar-refractivity contribution in [2.75, 3.05) is 30.3 Å². The van der Waals surface area contributed by atoms with Crippen LogP contribution in [-0.2, 0) is 9.59 Å². The zero-order valence-corrected chi connectivity index (χ0v) is 12.7. The summed E-state index contributed by atoms with van der Waals surface area (Å²) in [6.45, 7) is 6.08. The lowest BCUT2D eigenvalue weighted by molar-refractivity contribution is -0.117. The van der Waals surface area contributed by atoms with Crippen molar-refractivity contribution in [3.05, 3.63) is 24.3 Å². The van der Waals surface area contributed by atoms with Crippen molar-refractivity contribution in [2.45, 2.75) is 26.7 Å². The summed E-state index contributed by atoms with van der Waals surface area (Å²) in [4.78, 5) is 25.3. The highest BCUT2D eigenvalue weighted by Crippen LogP contribution is 2.17. The largest absolute Gasteiger partial charge is 0.326 e. The second-order valence-corrected chi connectivity index (χ2v) is 5.79. The fourth-order valence-electron chi connectivity index (χ4n) is 2.71. The Labute approximate surface area is 125 Å². The molecule has 0 saturated carbocycles. The quantitative estimate of drug-likeness (QED) is 0.894.